The standard InChI is InChI=1S/C15H13N3O3/c1-9-3-4-10-6-11(15(19)12(10)5-9)7-13-16-8-14(17(13)2)18(20)21/h3-5,7-8H,6H2,1-2H3. The van der Waals surface area contributed by atoms with Crippen LogP contribution < -0.4 is 0 Å². The molecule has 0 saturated carbocycles. The Morgan fingerprint density at radius 2 is 2.19 bits per heavy atom. The summed E-state index contributed by atoms with van der Waals surface area (Å²) in [4.78, 5) is 26.7. The number of carbonyl (C=O) groups is 1. The molecule has 0 amide bonds. The Morgan fingerprint density at radius 1 is 1.43 bits per heavy atom. The summed E-state index contributed by atoms with van der Waals surface area (Å²) in [5, 5.41) is 10.8. The third-order valence-corrected chi connectivity index (χ3v) is 3.67. The quantitative estimate of drug-likeness (QED) is 0.482. The van der Waals surface area contributed by atoms with Gasteiger partial charge in [-0.15, -0.1) is 0 Å². The molecule has 0 saturated heterocycles. The fourth-order valence-corrected chi connectivity index (χ4v) is 2.50. The first-order valence-electron chi connectivity index (χ1n) is 6.48. The van der Waals surface area contributed by atoms with Gasteiger partial charge in [0.1, 0.15) is 6.20 Å². The minimum absolute atomic E-state index is 0.0284. The summed E-state index contributed by atoms with van der Waals surface area (Å²) in [7, 11) is 1.56. The number of hydrogen-bond donors (Lipinski definition) is 0. The van der Waals surface area contributed by atoms with Crippen molar-refractivity contribution >= 4 is 17.7 Å². The summed E-state index contributed by atoms with van der Waals surface area (Å²) in [6, 6.07) is 5.80. The molecule has 0 spiro atoms. The zero-order valence-corrected chi connectivity index (χ0v) is 11.7. The molecule has 0 aliphatic heterocycles. The van der Waals surface area contributed by atoms with E-state index >= 15 is 0 Å². The average molecular weight is 283 g/mol. The summed E-state index contributed by atoms with van der Waals surface area (Å²) < 4.78 is 1.37. The number of aromatic nitrogens is 2. The van der Waals surface area contributed by atoms with Crippen LogP contribution in [0.1, 0.15) is 27.3 Å². The second kappa shape index (κ2) is 4.66. The van der Waals surface area contributed by atoms with Gasteiger partial charge in [-0.3, -0.25) is 4.79 Å². The topological polar surface area (TPSA) is 78.0 Å². The molecule has 0 fully saturated rings. The van der Waals surface area contributed by atoms with Crippen molar-refractivity contribution in [2.75, 3.05) is 0 Å². The van der Waals surface area contributed by atoms with Gasteiger partial charge in [0.2, 0.25) is 5.82 Å². The van der Waals surface area contributed by atoms with Gasteiger partial charge in [0.25, 0.3) is 0 Å². The SMILES string of the molecule is Cc1ccc2c(c1)C(=O)C(=Cc1ncc([N+](=O)[O-])n1C)C2. The molecule has 0 bridgehead atoms. The van der Waals surface area contributed by atoms with Crippen molar-refractivity contribution in [2.24, 2.45) is 7.05 Å². The van der Waals surface area contributed by atoms with E-state index in [0.717, 1.165) is 11.1 Å². The van der Waals surface area contributed by atoms with Crippen LogP contribution in [0.5, 0.6) is 0 Å². The van der Waals surface area contributed by atoms with Crippen LogP contribution in [0, 0.1) is 17.0 Å². The number of benzene rings is 1. The van der Waals surface area contributed by atoms with Crippen molar-refractivity contribution in [3.05, 3.63) is 62.6 Å². The van der Waals surface area contributed by atoms with Crippen molar-refractivity contribution < 1.29 is 9.72 Å². The van der Waals surface area contributed by atoms with Crippen LogP contribution in [0.4, 0.5) is 5.82 Å². The Balaban J connectivity index is 2.00. The summed E-state index contributed by atoms with van der Waals surface area (Å²) >= 11 is 0. The van der Waals surface area contributed by atoms with Crippen LogP contribution >= 0.6 is 0 Å². The number of nitrogens with zero attached hydrogens (tertiary/aromatic N) is 3. The third kappa shape index (κ3) is 2.14. The summed E-state index contributed by atoms with van der Waals surface area (Å²) in [6.45, 7) is 1.94. The molecule has 21 heavy (non-hydrogen) atoms. The van der Waals surface area contributed by atoms with Gasteiger partial charge in [-0.05, 0) is 23.5 Å². The fraction of sp³-hybridized carbons (Fsp3) is 0.200. The number of fused-ring (bicyclic) bond motifs is 1. The van der Waals surface area contributed by atoms with Gasteiger partial charge < -0.3 is 10.1 Å². The highest BCUT2D eigenvalue weighted by Gasteiger charge is 2.26. The number of ketones is 1. The van der Waals surface area contributed by atoms with Crippen LogP contribution in [0.3, 0.4) is 0 Å². The van der Waals surface area contributed by atoms with Crippen LogP contribution in [0.15, 0.2) is 30.0 Å². The van der Waals surface area contributed by atoms with E-state index in [0.29, 0.717) is 23.4 Å². The van der Waals surface area contributed by atoms with Crippen LogP contribution in [-0.4, -0.2) is 20.3 Å². The summed E-state index contributed by atoms with van der Waals surface area (Å²) in [5.41, 5.74) is 3.35. The number of rotatable bonds is 2. The van der Waals surface area contributed by atoms with Gasteiger partial charge >= 0.3 is 5.82 Å². The Labute approximate surface area is 120 Å². The molecular weight excluding hydrogens is 270 g/mol. The summed E-state index contributed by atoms with van der Waals surface area (Å²) in [6.07, 6.45) is 3.36. The van der Waals surface area contributed by atoms with E-state index in [1.807, 2.05) is 25.1 Å². The minimum atomic E-state index is -0.496. The van der Waals surface area contributed by atoms with Crippen LogP contribution in [-0.2, 0) is 13.5 Å². The van der Waals surface area contributed by atoms with Gasteiger partial charge in [0.05, 0.1) is 7.05 Å². The average Bonchev–Trinajstić information content (AvgIpc) is 2.94. The number of nitro groups is 1. The van der Waals surface area contributed by atoms with Gasteiger partial charge in [0, 0.05) is 23.6 Å². The maximum Gasteiger partial charge on any atom is 0.342 e. The van der Waals surface area contributed by atoms with E-state index in [2.05, 4.69) is 4.98 Å². The lowest BCUT2D eigenvalue weighted by atomic mass is 10.1. The Morgan fingerprint density at radius 3 is 2.86 bits per heavy atom. The monoisotopic (exact) mass is 283 g/mol. The van der Waals surface area contributed by atoms with Gasteiger partial charge in [-0.25, -0.2) is 9.55 Å². The predicted molar refractivity (Wildman–Crippen MR) is 77.1 cm³/mol. The van der Waals surface area contributed by atoms with E-state index in [4.69, 9.17) is 0 Å². The summed E-state index contributed by atoms with van der Waals surface area (Å²) in [5.74, 6) is 0.287. The van der Waals surface area contributed by atoms with Crippen molar-refractivity contribution in [1.82, 2.24) is 9.55 Å². The van der Waals surface area contributed by atoms with E-state index < -0.39 is 4.92 Å². The third-order valence-electron chi connectivity index (χ3n) is 3.67. The molecule has 1 heterocycles. The second-order valence-electron chi connectivity index (χ2n) is 5.13. The van der Waals surface area contributed by atoms with Crippen molar-refractivity contribution in [3.63, 3.8) is 0 Å². The van der Waals surface area contributed by atoms with Gasteiger partial charge in [0.15, 0.2) is 5.78 Å². The number of Topliss-reactive ketones (excluding diaryl/α,β-unsaturated/α-hetero) is 1. The molecule has 1 aliphatic rings. The maximum absolute atomic E-state index is 12.4. The fourth-order valence-electron chi connectivity index (χ4n) is 2.50. The predicted octanol–water partition coefficient (Wildman–Crippen LogP) is 2.46. The normalized spacial score (nSPS) is 15.5. The van der Waals surface area contributed by atoms with E-state index in [1.54, 1.807) is 13.1 Å². The van der Waals surface area contributed by atoms with Gasteiger partial charge in [-0.2, -0.15) is 0 Å². The highest BCUT2D eigenvalue weighted by molar-refractivity contribution is 6.15. The van der Waals surface area contributed by atoms with Crippen LogP contribution in [0.25, 0.3) is 6.08 Å². The lowest BCUT2D eigenvalue weighted by molar-refractivity contribution is -0.391. The zero-order chi connectivity index (χ0) is 15.1. The van der Waals surface area contributed by atoms with Crippen LogP contribution in [0.2, 0.25) is 0 Å². The molecule has 3 rings (SSSR count). The highest BCUT2D eigenvalue weighted by Crippen LogP contribution is 2.28. The van der Waals surface area contributed by atoms with Gasteiger partial charge in [-0.1, -0.05) is 17.7 Å². The molecule has 0 unspecified atom stereocenters. The maximum atomic E-state index is 12.4. The molecule has 106 valence electrons. The molecule has 0 N–H and O–H groups in total. The van der Waals surface area contributed by atoms with E-state index in [1.165, 1.54) is 10.8 Å². The van der Waals surface area contributed by atoms with Crippen molar-refractivity contribution in [2.45, 2.75) is 13.3 Å². The Hall–Kier alpha value is -2.76. The molecule has 1 aliphatic carbocycles. The lowest BCUT2D eigenvalue weighted by Crippen LogP contribution is -2.01. The van der Waals surface area contributed by atoms with E-state index in [-0.39, 0.29) is 11.6 Å². The smallest absolute Gasteiger partial charge is 0.342 e. The first-order chi connectivity index (χ1) is 9.97. The first kappa shape index (κ1) is 13.2. The lowest BCUT2D eigenvalue weighted by Gasteiger charge is -1.97. The molecule has 6 nitrogen and oxygen atoms in total. The molecule has 2 aromatic rings. The first-order valence-corrected chi connectivity index (χ1v) is 6.48. The highest BCUT2D eigenvalue weighted by atomic mass is 16.6. The largest absolute Gasteiger partial charge is 0.358 e. The van der Waals surface area contributed by atoms with E-state index in [9.17, 15) is 14.9 Å². The molecular formula is C15H13N3O3. The molecule has 1 aromatic heterocycles. The molecule has 0 radical (unpaired) electrons. The molecule has 1 aromatic carbocycles. The Kier molecular flexibility index (Phi) is 2.94. The Bertz CT molecular complexity index is 802. The zero-order valence-electron chi connectivity index (χ0n) is 11.7. The second-order valence-corrected chi connectivity index (χ2v) is 5.13. The molecule has 6 heteroatoms. The van der Waals surface area contributed by atoms with Crippen molar-refractivity contribution in [1.29, 1.82) is 0 Å². The number of allylic oxidation sites excluding steroid dienone is 1. The number of hydrogen-bond acceptors (Lipinski definition) is 4. The number of imidazole rings is 1. The number of carbonyl (C=O) groups excluding carboxylic acids is 1. The minimum Gasteiger partial charge on any atom is -0.358 e. The number of aryl methyl sites for hydroxylation is 1. The van der Waals surface area contributed by atoms with Crippen molar-refractivity contribution in [3.8, 4) is 0 Å². The molecule has 0 atom stereocenters.